The van der Waals surface area contributed by atoms with Crippen molar-refractivity contribution in [1.29, 1.82) is 0 Å². The van der Waals surface area contributed by atoms with E-state index in [0.29, 0.717) is 9.48 Å². The Morgan fingerprint density at radius 2 is 2.45 bits per heavy atom. The van der Waals surface area contributed by atoms with Crippen LogP contribution in [0.5, 0.6) is 5.75 Å². The van der Waals surface area contributed by atoms with Gasteiger partial charge in [0.2, 0.25) is 0 Å². The molecule has 0 aliphatic rings. The Morgan fingerprint density at radius 1 is 1.82 bits per heavy atom. The second-order valence-electron chi connectivity index (χ2n) is 1.66. The standard InChI is InChI=1S/C4H4BrNO3S2/c1-2-3(9-11(7)8)4(5)10-6-2/h1H3,(H,7,8)/p-1. The molecule has 0 spiro atoms. The molecular formula is C4H3BrNO3S2-. The van der Waals surface area contributed by atoms with E-state index in [-0.39, 0.29) is 5.75 Å². The van der Waals surface area contributed by atoms with Crippen LogP contribution in [0.1, 0.15) is 5.69 Å². The highest BCUT2D eigenvalue weighted by atomic mass is 79.9. The van der Waals surface area contributed by atoms with Crippen molar-refractivity contribution in [3.63, 3.8) is 0 Å². The molecule has 7 heteroatoms. The minimum Gasteiger partial charge on any atom is -0.740 e. The average molecular weight is 257 g/mol. The van der Waals surface area contributed by atoms with Gasteiger partial charge >= 0.3 is 0 Å². The molecule has 1 rings (SSSR count). The summed E-state index contributed by atoms with van der Waals surface area (Å²) in [4.78, 5) is 0. The number of aryl methyl sites for hydroxylation is 1. The number of hydrogen-bond acceptors (Lipinski definition) is 5. The number of rotatable bonds is 2. The van der Waals surface area contributed by atoms with Gasteiger partial charge < -0.3 is 8.74 Å². The number of aromatic nitrogens is 1. The van der Waals surface area contributed by atoms with Gasteiger partial charge in [0, 0.05) is 0 Å². The van der Waals surface area contributed by atoms with E-state index in [1.807, 2.05) is 0 Å². The predicted molar refractivity (Wildman–Crippen MR) is 44.1 cm³/mol. The normalized spacial score (nSPS) is 13.0. The second kappa shape index (κ2) is 3.61. The maximum Gasteiger partial charge on any atom is 0.187 e. The lowest BCUT2D eigenvalue weighted by molar-refractivity contribution is 0.438. The van der Waals surface area contributed by atoms with E-state index in [1.54, 1.807) is 6.92 Å². The second-order valence-corrected chi connectivity index (χ2v) is 4.32. The van der Waals surface area contributed by atoms with E-state index in [2.05, 4.69) is 24.5 Å². The fourth-order valence-corrected chi connectivity index (χ4v) is 2.15. The van der Waals surface area contributed by atoms with Gasteiger partial charge in [-0.2, -0.15) is 4.37 Å². The van der Waals surface area contributed by atoms with Crippen molar-refractivity contribution in [3.8, 4) is 5.75 Å². The minimum atomic E-state index is -2.53. The third-order valence-corrected chi connectivity index (χ3v) is 2.73. The minimum absolute atomic E-state index is 0.267. The molecule has 1 aromatic heterocycles. The summed E-state index contributed by atoms with van der Waals surface area (Å²) in [5.41, 5.74) is 0.561. The van der Waals surface area contributed by atoms with Crippen LogP contribution < -0.4 is 4.18 Å². The molecule has 0 fully saturated rings. The van der Waals surface area contributed by atoms with E-state index in [9.17, 15) is 8.76 Å². The number of halogens is 1. The molecule has 0 saturated carbocycles. The Morgan fingerprint density at radius 3 is 2.82 bits per heavy atom. The van der Waals surface area contributed by atoms with Crippen molar-refractivity contribution in [2.24, 2.45) is 0 Å². The summed E-state index contributed by atoms with van der Waals surface area (Å²) in [7, 11) is 0. The van der Waals surface area contributed by atoms with Crippen LogP contribution >= 0.6 is 27.5 Å². The molecule has 1 aromatic rings. The Hall–Kier alpha value is 0.0200. The van der Waals surface area contributed by atoms with Crippen LogP contribution in [0, 0.1) is 6.92 Å². The lowest BCUT2D eigenvalue weighted by Gasteiger charge is -2.05. The molecule has 0 aliphatic heterocycles. The predicted octanol–water partition coefficient (Wildman–Crippen LogP) is 1.39. The molecule has 0 radical (unpaired) electrons. The van der Waals surface area contributed by atoms with E-state index in [4.69, 9.17) is 0 Å². The van der Waals surface area contributed by atoms with E-state index in [0.717, 1.165) is 11.5 Å². The Balaban J connectivity index is 2.92. The largest absolute Gasteiger partial charge is 0.740 e. The molecule has 62 valence electrons. The van der Waals surface area contributed by atoms with Crippen molar-refractivity contribution in [2.75, 3.05) is 0 Å². The fourth-order valence-electron chi connectivity index (χ4n) is 0.495. The van der Waals surface area contributed by atoms with E-state index >= 15 is 0 Å². The maximum atomic E-state index is 10.1. The van der Waals surface area contributed by atoms with Gasteiger partial charge in [-0.05, 0) is 34.4 Å². The first-order chi connectivity index (χ1) is 5.11. The SMILES string of the molecule is Cc1nsc(Br)c1OS(=O)[O-]. The molecule has 1 heterocycles. The van der Waals surface area contributed by atoms with Crippen LogP contribution in [0.25, 0.3) is 0 Å². The molecule has 1 atom stereocenters. The number of nitrogens with zero attached hydrogens (tertiary/aromatic N) is 1. The van der Waals surface area contributed by atoms with Crippen LogP contribution in [-0.4, -0.2) is 13.1 Å². The molecule has 0 aliphatic carbocycles. The quantitative estimate of drug-likeness (QED) is 0.751. The third kappa shape index (κ3) is 2.22. The maximum absolute atomic E-state index is 10.1. The van der Waals surface area contributed by atoms with Crippen molar-refractivity contribution in [2.45, 2.75) is 6.92 Å². The first-order valence-corrected chi connectivity index (χ1v) is 5.07. The van der Waals surface area contributed by atoms with Crippen molar-refractivity contribution in [1.82, 2.24) is 4.37 Å². The van der Waals surface area contributed by atoms with Crippen LogP contribution in [0.4, 0.5) is 0 Å². The number of hydrogen-bond donors (Lipinski definition) is 0. The van der Waals surface area contributed by atoms with Gasteiger partial charge in [-0.25, -0.2) is 4.21 Å². The van der Waals surface area contributed by atoms with E-state index < -0.39 is 11.4 Å². The molecule has 1 unspecified atom stereocenters. The zero-order chi connectivity index (χ0) is 8.43. The van der Waals surface area contributed by atoms with Crippen LogP contribution in [0.15, 0.2) is 3.79 Å². The molecule has 0 saturated heterocycles. The van der Waals surface area contributed by atoms with Gasteiger partial charge in [0.15, 0.2) is 5.75 Å². The van der Waals surface area contributed by atoms with Crippen LogP contribution in [-0.2, 0) is 11.4 Å². The summed E-state index contributed by atoms with van der Waals surface area (Å²) >= 11 is 1.72. The Bertz CT molecular complexity index is 267. The molecular weight excluding hydrogens is 254 g/mol. The van der Waals surface area contributed by atoms with Gasteiger partial charge in [-0.15, -0.1) is 0 Å². The Kier molecular flexibility index (Phi) is 2.99. The molecule has 4 nitrogen and oxygen atoms in total. The molecule has 11 heavy (non-hydrogen) atoms. The zero-order valence-electron chi connectivity index (χ0n) is 5.37. The van der Waals surface area contributed by atoms with Gasteiger partial charge in [0.25, 0.3) is 0 Å². The van der Waals surface area contributed by atoms with Crippen molar-refractivity contribution in [3.05, 3.63) is 9.48 Å². The smallest absolute Gasteiger partial charge is 0.187 e. The topological polar surface area (TPSA) is 62.2 Å². The summed E-state index contributed by atoms with van der Waals surface area (Å²) in [5.74, 6) is 0.267. The lowest BCUT2D eigenvalue weighted by atomic mass is 10.5. The summed E-state index contributed by atoms with van der Waals surface area (Å²) in [5, 5.41) is 0. The molecule has 0 aromatic carbocycles. The molecule has 0 amide bonds. The summed E-state index contributed by atoms with van der Waals surface area (Å²) in [6, 6.07) is 0. The van der Waals surface area contributed by atoms with E-state index in [1.165, 1.54) is 0 Å². The van der Waals surface area contributed by atoms with Gasteiger partial charge in [0.1, 0.15) is 15.1 Å². The highest BCUT2D eigenvalue weighted by Gasteiger charge is 2.09. The highest BCUT2D eigenvalue weighted by Crippen LogP contribution is 2.32. The monoisotopic (exact) mass is 256 g/mol. The molecule has 0 N–H and O–H groups in total. The first-order valence-electron chi connectivity index (χ1n) is 2.50. The van der Waals surface area contributed by atoms with Gasteiger partial charge in [-0.3, -0.25) is 0 Å². The first kappa shape index (κ1) is 9.11. The summed E-state index contributed by atoms with van der Waals surface area (Å²) in [6.45, 7) is 1.67. The van der Waals surface area contributed by atoms with Crippen molar-refractivity contribution >= 4 is 38.8 Å². The highest BCUT2D eigenvalue weighted by molar-refractivity contribution is 9.11. The average Bonchev–Trinajstić information content (AvgIpc) is 2.18. The van der Waals surface area contributed by atoms with Gasteiger partial charge in [-0.1, -0.05) is 0 Å². The molecule has 0 bridgehead atoms. The summed E-state index contributed by atoms with van der Waals surface area (Å²) < 4.78 is 29.1. The zero-order valence-corrected chi connectivity index (χ0v) is 8.59. The fraction of sp³-hybridized carbons (Fsp3) is 0.250. The van der Waals surface area contributed by atoms with Crippen LogP contribution in [0.3, 0.4) is 0 Å². The Labute approximate surface area is 78.4 Å². The third-order valence-electron chi connectivity index (χ3n) is 0.921. The summed E-state index contributed by atoms with van der Waals surface area (Å²) in [6.07, 6.45) is 0. The van der Waals surface area contributed by atoms with Crippen LogP contribution in [0.2, 0.25) is 0 Å². The van der Waals surface area contributed by atoms with Gasteiger partial charge in [0.05, 0.1) is 5.69 Å². The lowest BCUT2D eigenvalue weighted by Crippen LogP contribution is -1.98. The van der Waals surface area contributed by atoms with Crippen molar-refractivity contribution < 1.29 is 12.9 Å².